The molecule has 4 aromatic rings. The van der Waals surface area contributed by atoms with Crippen molar-refractivity contribution >= 4 is 38.6 Å². The topological polar surface area (TPSA) is 101 Å². The smallest absolute Gasteiger partial charge is 0.252 e. The van der Waals surface area contributed by atoms with E-state index in [2.05, 4.69) is 4.98 Å². The predicted molar refractivity (Wildman–Crippen MR) is 140 cm³/mol. The third kappa shape index (κ3) is 4.45. The van der Waals surface area contributed by atoms with Crippen LogP contribution in [0.25, 0.3) is 22.6 Å². The Balaban J connectivity index is 1.46. The summed E-state index contributed by atoms with van der Waals surface area (Å²) in [5.74, 6) is -0.615. The predicted octanol–water partition coefficient (Wildman–Crippen LogP) is 4.92. The van der Waals surface area contributed by atoms with Crippen LogP contribution in [0, 0.1) is 6.92 Å². The summed E-state index contributed by atoms with van der Waals surface area (Å²) in [6, 6.07) is 19.4. The van der Waals surface area contributed by atoms with Crippen molar-refractivity contribution in [2.75, 3.05) is 4.90 Å². The monoisotopic (exact) mass is 517 g/mol. The Morgan fingerprint density at radius 3 is 2.22 bits per heavy atom. The van der Waals surface area contributed by atoms with Gasteiger partial charge in [-0.2, -0.15) is 4.31 Å². The molecule has 1 aliphatic rings. The highest BCUT2D eigenvalue weighted by Crippen LogP contribution is 2.35. The lowest BCUT2D eigenvalue weighted by Gasteiger charge is -2.37. The summed E-state index contributed by atoms with van der Waals surface area (Å²) in [6.45, 7) is 7.02. The van der Waals surface area contributed by atoms with Gasteiger partial charge in [0.05, 0.1) is 17.0 Å². The lowest BCUT2D eigenvalue weighted by atomic mass is 10.1. The molecule has 1 saturated heterocycles. The quantitative estimate of drug-likeness (QED) is 0.348. The Morgan fingerprint density at radius 2 is 1.59 bits per heavy atom. The van der Waals surface area contributed by atoms with Crippen LogP contribution in [0.15, 0.2) is 82.1 Å². The molecule has 2 amide bonds. The second kappa shape index (κ2) is 8.93. The van der Waals surface area contributed by atoms with E-state index >= 15 is 0 Å². The van der Waals surface area contributed by atoms with Crippen molar-refractivity contribution in [2.24, 2.45) is 0 Å². The molecule has 1 aliphatic heterocycles. The van der Waals surface area contributed by atoms with Crippen molar-refractivity contribution in [3.05, 3.63) is 78.4 Å². The minimum absolute atomic E-state index is 0.0782. The molecule has 0 saturated carbocycles. The number of fused-ring (bicyclic) bond motifs is 1. The van der Waals surface area contributed by atoms with Gasteiger partial charge < -0.3 is 4.42 Å². The van der Waals surface area contributed by atoms with Gasteiger partial charge in [0, 0.05) is 11.1 Å². The molecule has 0 aliphatic carbocycles. The van der Waals surface area contributed by atoms with Crippen LogP contribution in [0.3, 0.4) is 0 Å². The van der Waals surface area contributed by atoms with Gasteiger partial charge >= 0.3 is 0 Å². The van der Waals surface area contributed by atoms with Gasteiger partial charge in [0.1, 0.15) is 11.6 Å². The third-order valence-corrected chi connectivity index (χ3v) is 8.50. The van der Waals surface area contributed by atoms with Crippen molar-refractivity contribution in [1.29, 1.82) is 0 Å². The van der Waals surface area contributed by atoms with E-state index in [0.29, 0.717) is 22.7 Å². The fourth-order valence-corrected chi connectivity index (χ4v) is 6.57. The highest BCUT2D eigenvalue weighted by molar-refractivity contribution is 7.89. The summed E-state index contributed by atoms with van der Waals surface area (Å²) in [5, 5.41) is 0. The van der Waals surface area contributed by atoms with Crippen LogP contribution < -0.4 is 4.90 Å². The summed E-state index contributed by atoms with van der Waals surface area (Å²) in [4.78, 5) is 32.3. The van der Waals surface area contributed by atoms with Crippen LogP contribution in [0.1, 0.15) is 32.8 Å². The molecule has 1 unspecified atom stereocenters. The van der Waals surface area contributed by atoms with E-state index in [1.165, 1.54) is 12.1 Å². The van der Waals surface area contributed by atoms with Gasteiger partial charge in [-0.25, -0.2) is 18.3 Å². The van der Waals surface area contributed by atoms with E-state index in [0.717, 1.165) is 20.3 Å². The van der Waals surface area contributed by atoms with Crippen molar-refractivity contribution < 1.29 is 22.4 Å². The van der Waals surface area contributed by atoms with Gasteiger partial charge in [-0.3, -0.25) is 9.59 Å². The van der Waals surface area contributed by atoms with E-state index < -0.39 is 33.4 Å². The third-order valence-electron chi connectivity index (χ3n) is 6.31. The number of imide groups is 1. The summed E-state index contributed by atoms with van der Waals surface area (Å²) >= 11 is 0. The molecular formula is C28H27N3O5S. The molecule has 5 rings (SSSR count). The number of carbonyl (C=O) groups is 2. The number of para-hydroxylation sites is 2. The molecule has 9 heteroatoms. The zero-order valence-electron chi connectivity index (χ0n) is 21.0. The van der Waals surface area contributed by atoms with Crippen molar-refractivity contribution in [2.45, 2.75) is 50.6 Å². The number of aryl methyl sites for hydroxylation is 1. The molecule has 0 radical (unpaired) electrons. The number of oxazole rings is 1. The van der Waals surface area contributed by atoms with Crippen LogP contribution >= 0.6 is 0 Å². The van der Waals surface area contributed by atoms with Crippen LogP contribution in [-0.4, -0.2) is 41.1 Å². The highest BCUT2D eigenvalue weighted by Gasteiger charge is 2.50. The molecule has 0 spiro atoms. The van der Waals surface area contributed by atoms with E-state index in [4.69, 9.17) is 4.42 Å². The van der Waals surface area contributed by atoms with Crippen molar-refractivity contribution in [3.63, 3.8) is 0 Å². The molecule has 190 valence electrons. The van der Waals surface area contributed by atoms with E-state index in [1.54, 1.807) is 57.2 Å². The maximum atomic E-state index is 13.7. The maximum absolute atomic E-state index is 13.7. The van der Waals surface area contributed by atoms with Crippen molar-refractivity contribution in [1.82, 2.24) is 9.29 Å². The number of carbonyl (C=O) groups excluding carboxylic acids is 2. The largest absolute Gasteiger partial charge is 0.436 e. The molecule has 2 heterocycles. The Bertz CT molecular complexity index is 1570. The highest BCUT2D eigenvalue weighted by atomic mass is 32.2. The first-order chi connectivity index (χ1) is 17.5. The van der Waals surface area contributed by atoms with Gasteiger partial charge in [-0.15, -0.1) is 0 Å². The first-order valence-electron chi connectivity index (χ1n) is 11.9. The zero-order chi connectivity index (χ0) is 26.5. The van der Waals surface area contributed by atoms with Crippen LogP contribution in [-0.2, 0) is 19.6 Å². The number of amides is 2. The standard InChI is InChI=1S/C28H27N3O5S/c1-18-9-15-21(16-10-18)37(34,35)31(28(2,3)4)23-17-25(32)30(27(23)33)20-13-11-19(12-14-20)26-29-22-7-5-6-8-24(22)36-26/h5-16,23H,17H2,1-4H3. The number of benzene rings is 3. The second-order valence-electron chi connectivity index (χ2n) is 10.1. The molecular weight excluding hydrogens is 490 g/mol. The molecule has 1 aromatic heterocycles. The summed E-state index contributed by atoms with van der Waals surface area (Å²) in [7, 11) is -4.06. The van der Waals surface area contributed by atoms with Gasteiger partial charge in [0.2, 0.25) is 21.8 Å². The van der Waals surface area contributed by atoms with Gasteiger partial charge in [0.15, 0.2) is 5.58 Å². The number of anilines is 1. The lowest BCUT2D eigenvalue weighted by molar-refractivity contribution is -0.122. The molecule has 0 N–H and O–H groups in total. The summed E-state index contributed by atoms with van der Waals surface area (Å²) in [6.07, 6.45) is -0.242. The number of hydrogen-bond acceptors (Lipinski definition) is 6. The second-order valence-corrected chi connectivity index (χ2v) is 11.9. The zero-order valence-corrected chi connectivity index (χ0v) is 21.8. The molecule has 1 atom stereocenters. The SMILES string of the molecule is Cc1ccc(S(=O)(=O)N(C2CC(=O)N(c3ccc(-c4nc5ccccc5o4)cc3)C2=O)C(C)(C)C)cc1. The maximum Gasteiger partial charge on any atom is 0.252 e. The number of hydrogen-bond donors (Lipinski definition) is 0. The summed E-state index contributed by atoms with van der Waals surface area (Å²) in [5.41, 5.74) is 2.41. The number of nitrogens with zero attached hydrogens (tertiary/aromatic N) is 3. The minimum atomic E-state index is -4.06. The van der Waals surface area contributed by atoms with Crippen molar-refractivity contribution in [3.8, 4) is 11.5 Å². The average Bonchev–Trinajstić information content (AvgIpc) is 3.39. The first-order valence-corrected chi connectivity index (χ1v) is 13.3. The fraction of sp³-hybridized carbons (Fsp3) is 0.250. The van der Waals surface area contributed by atoms with Gasteiger partial charge in [0.25, 0.3) is 5.91 Å². The Kier molecular flexibility index (Phi) is 6.00. The van der Waals surface area contributed by atoms with E-state index in [9.17, 15) is 18.0 Å². The van der Waals surface area contributed by atoms with Crippen LogP contribution in [0.2, 0.25) is 0 Å². The molecule has 0 bridgehead atoms. The van der Waals surface area contributed by atoms with E-state index in [1.807, 2.05) is 31.2 Å². The first kappa shape index (κ1) is 24.9. The van der Waals surface area contributed by atoms with E-state index in [-0.39, 0.29) is 11.3 Å². The minimum Gasteiger partial charge on any atom is -0.436 e. The normalized spacial score (nSPS) is 16.8. The molecule has 1 fully saturated rings. The van der Waals surface area contributed by atoms with Crippen LogP contribution in [0.4, 0.5) is 5.69 Å². The van der Waals surface area contributed by atoms with Gasteiger partial charge in [-0.05, 0) is 76.2 Å². The molecule has 3 aromatic carbocycles. The number of sulfonamides is 1. The lowest BCUT2D eigenvalue weighted by Crippen LogP contribution is -2.54. The number of aromatic nitrogens is 1. The average molecular weight is 518 g/mol. The Morgan fingerprint density at radius 1 is 0.946 bits per heavy atom. The van der Waals surface area contributed by atoms with Crippen LogP contribution in [0.5, 0.6) is 0 Å². The number of rotatable bonds is 5. The Labute approximate surface area is 215 Å². The molecule has 37 heavy (non-hydrogen) atoms. The fourth-order valence-electron chi connectivity index (χ4n) is 4.64. The Hall–Kier alpha value is -3.82. The molecule has 8 nitrogen and oxygen atoms in total. The summed E-state index contributed by atoms with van der Waals surface area (Å²) < 4.78 is 34.3. The van der Waals surface area contributed by atoms with Gasteiger partial charge in [-0.1, -0.05) is 29.8 Å².